The number of β-amino-alcohol motifs (C(OH)–C–C–N with tert-alkyl or cyclic N) is 1. The van der Waals surface area contributed by atoms with Crippen molar-refractivity contribution < 1.29 is 46.9 Å². The van der Waals surface area contributed by atoms with Gasteiger partial charge in [-0.1, -0.05) is 42.5 Å². The summed E-state index contributed by atoms with van der Waals surface area (Å²) in [4.78, 5) is 40.1. The molecule has 3 aromatic carbocycles. The molecule has 0 radical (unpaired) electrons. The van der Waals surface area contributed by atoms with E-state index in [-0.39, 0.29) is 55.9 Å². The van der Waals surface area contributed by atoms with Crippen LogP contribution < -0.4 is 15.4 Å². The number of aryl methyl sites for hydroxylation is 1. The number of carbonyl (C=O) groups is 3. The van der Waals surface area contributed by atoms with Gasteiger partial charge in [0.15, 0.2) is 17.4 Å². The Morgan fingerprint density at radius 1 is 0.962 bits per heavy atom. The van der Waals surface area contributed by atoms with Crippen LogP contribution in [0.4, 0.5) is 17.6 Å². The number of hydrogen-bond acceptors (Lipinski definition) is 7. The largest absolute Gasteiger partial charge is 0.488 e. The Bertz CT molecular complexity index is 1840. The van der Waals surface area contributed by atoms with Crippen LogP contribution in [-0.4, -0.2) is 94.8 Å². The number of rotatable bonds is 11. The summed E-state index contributed by atoms with van der Waals surface area (Å²) in [7, 11) is 0. The van der Waals surface area contributed by atoms with Crippen molar-refractivity contribution in [2.45, 2.75) is 75.3 Å². The second-order valence-corrected chi connectivity index (χ2v) is 13.8. The lowest BCUT2D eigenvalue weighted by molar-refractivity contribution is -0.136. The van der Waals surface area contributed by atoms with Crippen LogP contribution in [-0.2, 0) is 27.3 Å². The van der Waals surface area contributed by atoms with E-state index in [2.05, 4.69) is 10.6 Å². The van der Waals surface area contributed by atoms with Crippen molar-refractivity contribution in [1.82, 2.24) is 20.4 Å². The third-order valence-electron chi connectivity index (χ3n) is 10.1. The van der Waals surface area contributed by atoms with Gasteiger partial charge in [0.1, 0.15) is 5.82 Å². The number of carbonyl (C=O) groups excluding carboxylic acids is 2. The summed E-state index contributed by atoms with van der Waals surface area (Å²) >= 11 is 0. The number of nitrogens with zero attached hydrogens (tertiary/aromatic N) is 2. The third kappa shape index (κ3) is 8.89. The summed E-state index contributed by atoms with van der Waals surface area (Å²) < 4.78 is 61.4. The Kier molecular flexibility index (Phi) is 12.1. The summed E-state index contributed by atoms with van der Waals surface area (Å²) in [6, 6.07) is 14.8. The van der Waals surface area contributed by atoms with E-state index in [4.69, 9.17) is 14.6 Å². The van der Waals surface area contributed by atoms with Gasteiger partial charge in [-0.3, -0.25) is 14.4 Å². The maximum absolute atomic E-state index is 14.8. The molecule has 1 saturated carbocycles. The molecule has 53 heavy (non-hydrogen) atoms. The topological polar surface area (TPSA) is 131 Å². The van der Waals surface area contributed by atoms with Gasteiger partial charge in [0.2, 0.25) is 11.7 Å². The Balaban J connectivity index is 0.00000155. The number of aliphatic hydroxyl groups excluding tert-OH is 1. The Labute approximate surface area is 304 Å². The second kappa shape index (κ2) is 16.9. The Morgan fingerprint density at radius 2 is 1.68 bits per heavy atom. The highest BCUT2D eigenvalue weighted by atomic mass is 19.2. The van der Waals surface area contributed by atoms with Crippen LogP contribution >= 0.6 is 0 Å². The van der Waals surface area contributed by atoms with E-state index in [1.807, 2.05) is 24.3 Å². The molecule has 2 amide bonds. The zero-order valence-corrected chi connectivity index (χ0v) is 28.9. The first-order valence-electron chi connectivity index (χ1n) is 17.7. The number of piperazine rings is 1. The van der Waals surface area contributed by atoms with Gasteiger partial charge in [-0.15, -0.1) is 0 Å². The number of hydrogen-bond donors (Lipinski definition) is 4. The first-order chi connectivity index (χ1) is 25.6. The van der Waals surface area contributed by atoms with Gasteiger partial charge in [-0.2, -0.15) is 4.39 Å². The van der Waals surface area contributed by atoms with E-state index in [0.29, 0.717) is 56.0 Å². The Morgan fingerprint density at radius 3 is 2.36 bits per heavy atom. The number of aliphatic hydroxyl groups is 1. The number of carboxylic acid groups (broad SMARTS) is 1. The predicted molar refractivity (Wildman–Crippen MR) is 186 cm³/mol. The molecule has 4 N–H and O–H groups in total. The smallest absolute Gasteiger partial charge is 0.290 e. The van der Waals surface area contributed by atoms with Crippen molar-refractivity contribution in [3.63, 3.8) is 0 Å². The third-order valence-corrected chi connectivity index (χ3v) is 10.1. The van der Waals surface area contributed by atoms with Gasteiger partial charge < -0.3 is 35.4 Å². The fraction of sp³-hybridized carbons (Fsp3) is 0.410. The molecule has 10 nitrogen and oxygen atoms in total. The number of nitrogens with one attached hydrogen (secondary N) is 2. The fourth-order valence-electron chi connectivity index (χ4n) is 7.35. The number of amides is 2. The van der Waals surface area contributed by atoms with E-state index < -0.39 is 41.4 Å². The van der Waals surface area contributed by atoms with Crippen molar-refractivity contribution in [3.8, 4) is 5.75 Å². The SMILES string of the molecule is O=C(C1C[C@@H](O)CN1)N1C[C@@H]2CC(c3ccc(CCCOc4c(F)ccc(F)c4F)cc3)=C(C(=O)N(Cc3ccccc3F)C3CC3)[C@H](C1)N2.O=CO. The predicted octanol–water partition coefficient (Wildman–Crippen LogP) is 4.20. The van der Waals surface area contributed by atoms with Crippen molar-refractivity contribution in [3.05, 3.63) is 106 Å². The maximum Gasteiger partial charge on any atom is 0.290 e. The van der Waals surface area contributed by atoms with E-state index in [1.165, 1.54) is 6.07 Å². The summed E-state index contributed by atoms with van der Waals surface area (Å²) in [5.41, 5.74) is 3.72. The lowest BCUT2D eigenvalue weighted by Crippen LogP contribution is -2.63. The molecule has 3 fully saturated rings. The fourth-order valence-corrected chi connectivity index (χ4v) is 7.35. The molecule has 1 unspecified atom stereocenters. The quantitative estimate of drug-likeness (QED) is 0.0998. The van der Waals surface area contributed by atoms with E-state index in [1.54, 1.807) is 28.0 Å². The maximum atomic E-state index is 14.8. The van der Waals surface area contributed by atoms with Crippen LogP contribution in [0.15, 0.2) is 66.2 Å². The van der Waals surface area contributed by atoms with Crippen LogP contribution in [0.5, 0.6) is 5.75 Å². The standard InChI is InChI=1S/C38H40F4N4O4.CH2O2/c39-29-6-2-1-5-24(29)19-46(26-11-12-26)38(49)34-28(16-25-20-45(21-33(34)44-25)37(48)32-17-27(47)18-43-32)23-9-7-22(8-10-23)4-3-15-50-36-31(41)14-13-30(40)35(36)42;2-1-3/h1-2,5-10,13-14,25-27,32-33,43-44,47H,3-4,11-12,15-21H2;1H,(H,2,3)/t25-,27+,32?,33-;/m0./s1. The highest BCUT2D eigenvalue weighted by molar-refractivity contribution is 6.03. The second-order valence-electron chi connectivity index (χ2n) is 13.8. The molecule has 0 spiro atoms. The molecule has 3 aromatic rings. The van der Waals surface area contributed by atoms with Gasteiger partial charge >= 0.3 is 0 Å². The molecule has 14 heteroatoms. The normalized spacial score (nSPS) is 22.2. The summed E-state index contributed by atoms with van der Waals surface area (Å²) in [5.74, 6) is -4.85. The van der Waals surface area contributed by atoms with Gasteiger partial charge in [-0.25, -0.2) is 13.2 Å². The van der Waals surface area contributed by atoms with Crippen molar-refractivity contribution in [2.24, 2.45) is 0 Å². The van der Waals surface area contributed by atoms with Crippen molar-refractivity contribution in [2.75, 3.05) is 26.2 Å². The Hall–Kier alpha value is -4.79. The number of benzene rings is 3. The molecule has 0 aromatic heterocycles. The monoisotopic (exact) mass is 738 g/mol. The van der Waals surface area contributed by atoms with Crippen LogP contribution in [0.25, 0.3) is 5.57 Å². The minimum absolute atomic E-state index is 0.00185. The highest BCUT2D eigenvalue weighted by Gasteiger charge is 2.44. The number of ether oxygens (including phenoxy) is 1. The van der Waals surface area contributed by atoms with Crippen molar-refractivity contribution >= 4 is 23.9 Å². The van der Waals surface area contributed by atoms with E-state index in [9.17, 15) is 32.3 Å². The molecule has 7 rings (SSSR count). The van der Waals surface area contributed by atoms with Crippen LogP contribution in [0.2, 0.25) is 0 Å². The lowest BCUT2D eigenvalue weighted by Gasteiger charge is -2.45. The first-order valence-corrected chi connectivity index (χ1v) is 17.7. The van der Waals surface area contributed by atoms with Gasteiger partial charge in [0.05, 0.1) is 24.8 Å². The molecule has 282 valence electrons. The molecule has 2 bridgehead atoms. The lowest BCUT2D eigenvalue weighted by atomic mass is 9.82. The number of halogens is 4. The summed E-state index contributed by atoms with van der Waals surface area (Å²) in [5, 5.41) is 23.6. The molecule has 3 aliphatic heterocycles. The number of fused-ring (bicyclic) bond motifs is 2. The zero-order valence-electron chi connectivity index (χ0n) is 28.9. The zero-order chi connectivity index (χ0) is 37.6. The van der Waals surface area contributed by atoms with Crippen LogP contribution in [0.3, 0.4) is 0 Å². The van der Waals surface area contributed by atoms with E-state index in [0.717, 1.165) is 35.6 Å². The van der Waals surface area contributed by atoms with E-state index >= 15 is 0 Å². The molecular weight excluding hydrogens is 696 g/mol. The summed E-state index contributed by atoms with van der Waals surface area (Å²) in [6.07, 6.45) is 2.91. The first kappa shape index (κ1) is 38.0. The van der Waals surface area contributed by atoms with Gasteiger partial charge in [0, 0.05) is 49.4 Å². The average Bonchev–Trinajstić information content (AvgIpc) is 3.90. The average molecular weight is 739 g/mol. The van der Waals surface area contributed by atoms with Crippen LogP contribution in [0, 0.1) is 23.3 Å². The van der Waals surface area contributed by atoms with Crippen LogP contribution in [0.1, 0.15) is 48.8 Å². The van der Waals surface area contributed by atoms with Gasteiger partial charge in [-0.05, 0) is 73.4 Å². The molecule has 3 heterocycles. The van der Waals surface area contributed by atoms with Crippen molar-refractivity contribution in [1.29, 1.82) is 0 Å². The molecule has 4 atom stereocenters. The highest BCUT2D eigenvalue weighted by Crippen LogP contribution is 2.38. The minimum Gasteiger partial charge on any atom is -0.488 e. The minimum atomic E-state index is -1.35. The molecule has 4 aliphatic rings. The summed E-state index contributed by atoms with van der Waals surface area (Å²) in [6.45, 7) is 0.988. The van der Waals surface area contributed by atoms with Gasteiger partial charge in [0.25, 0.3) is 12.4 Å². The molecular formula is C39H42F4N4O6. The molecule has 2 saturated heterocycles. The molecule has 1 aliphatic carbocycles.